The number of ether oxygens (including phenoxy) is 3. The second-order valence-electron chi connectivity index (χ2n) is 6.48. The van der Waals surface area contributed by atoms with E-state index in [2.05, 4.69) is 6.92 Å². The van der Waals surface area contributed by atoms with Crippen molar-refractivity contribution in [2.24, 2.45) is 5.41 Å². The topological polar surface area (TPSA) is 48.0 Å². The predicted molar refractivity (Wildman–Crippen MR) is 86.8 cm³/mol. The molecule has 0 N–H and O–H groups in total. The van der Waals surface area contributed by atoms with Gasteiger partial charge in [0.05, 0.1) is 13.2 Å². The van der Waals surface area contributed by atoms with Crippen molar-refractivity contribution in [1.29, 1.82) is 0 Å². The third-order valence-electron chi connectivity index (χ3n) is 4.63. The number of likely N-dealkylation sites (tertiary alicyclic amines) is 1. The fourth-order valence-electron chi connectivity index (χ4n) is 3.21. The van der Waals surface area contributed by atoms with Gasteiger partial charge < -0.3 is 19.1 Å². The van der Waals surface area contributed by atoms with Crippen molar-refractivity contribution in [3.8, 4) is 11.5 Å². The second kappa shape index (κ2) is 7.21. The number of nitrogens with zero attached hydrogens (tertiary/aromatic N) is 1. The first-order valence-corrected chi connectivity index (χ1v) is 8.42. The minimum Gasteiger partial charge on any atom is -0.494 e. The van der Waals surface area contributed by atoms with Gasteiger partial charge in [-0.2, -0.15) is 0 Å². The van der Waals surface area contributed by atoms with E-state index in [1.807, 2.05) is 29.2 Å². The molecule has 1 aromatic carbocycles. The largest absolute Gasteiger partial charge is 0.494 e. The molecule has 0 radical (unpaired) electrons. The molecule has 0 bridgehead atoms. The van der Waals surface area contributed by atoms with Crippen LogP contribution in [-0.2, 0) is 9.53 Å². The van der Waals surface area contributed by atoms with E-state index in [1.165, 1.54) is 0 Å². The zero-order valence-corrected chi connectivity index (χ0v) is 13.8. The maximum atomic E-state index is 12.3. The van der Waals surface area contributed by atoms with Crippen LogP contribution in [0.2, 0.25) is 0 Å². The van der Waals surface area contributed by atoms with E-state index in [0.717, 1.165) is 51.3 Å². The Balaban J connectivity index is 1.45. The number of carbonyl (C=O) groups is 1. The fourth-order valence-corrected chi connectivity index (χ4v) is 3.21. The van der Waals surface area contributed by atoms with Gasteiger partial charge in [0, 0.05) is 25.1 Å². The van der Waals surface area contributed by atoms with E-state index in [1.54, 1.807) is 0 Å². The van der Waals surface area contributed by atoms with Gasteiger partial charge in [0.15, 0.2) is 6.61 Å². The van der Waals surface area contributed by atoms with E-state index in [9.17, 15) is 4.79 Å². The first-order chi connectivity index (χ1) is 11.2. The molecule has 126 valence electrons. The lowest BCUT2D eigenvalue weighted by Crippen LogP contribution is -2.35. The molecule has 2 aliphatic heterocycles. The maximum Gasteiger partial charge on any atom is 0.260 e. The summed E-state index contributed by atoms with van der Waals surface area (Å²) in [6.07, 6.45) is 3.09. The molecule has 5 heteroatoms. The van der Waals surface area contributed by atoms with Gasteiger partial charge in [-0.15, -0.1) is 0 Å². The van der Waals surface area contributed by atoms with Crippen LogP contribution in [0.25, 0.3) is 0 Å². The fraction of sp³-hybridized carbons (Fsp3) is 0.611. The first-order valence-electron chi connectivity index (χ1n) is 8.42. The molecule has 1 atom stereocenters. The quantitative estimate of drug-likeness (QED) is 0.808. The first kappa shape index (κ1) is 16.1. The monoisotopic (exact) mass is 319 g/mol. The SMILES string of the molecule is CCCOc1ccc(OCC(=O)N2CCC3(CCOC3)C2)cc1. The Morgan fingerprint density at radius 2 is 1.96 bits per heavy atom. The number of hydrogen-bond donors (Lipinski definition) is 0. The summed E-state index contributed by atoms with van der Waals surface area (Å²) in [5.41, 5.74) is 0.202. The summed E-state index contributed by atoms with van der Waals surface area (Å²) in [5.74, 6) is 1.58. The highest BCUT2D eigenvalue weighted by atomic mass is 16.5. The van der Waals surface area contributed by atoms with E-state index >= 15 is 0 Å². The van der Waals surface area contributed by atoms with Crippen molar-refractivity contribution in [3.63, 3.8) is 0 Å². The Labute approximate surface area is 137 Å². The van der Waals surface area contributed by atoms with Crippen molar-refractivity contribution in [3.05, 3.63) is 24.3 Å². The summed E-state index contributed by atoms with van der Waals surface area (Å²) in [5, 5.41) is 0. The number of rotatable bonds is 6. The molecule has 5 nitrogen and oxygen atoms in total. The van der Waals surface area contributed by atoms with Gasteiger partial charge >= 0.3 is 0 Å². The third-order valence-corrected chi connectivity index (χ3v) is 4.63. The highest BCUT2D eigenvalue weighted by Crippen LogP contribution is 2.38. The van der Waals surface area contributed by atoms with Crippen LogP contribution in [0.5, 0.6) is 11.5 Å². The smallest absolute Gasteiger partial charge is 0.260 e. The van der Waals surface area contributed by atoms with Crippen LogP contribution in [0, 0.1) is 5.41 Å². The average Bonchev–Trinajstić information content (AvgIpc) is 3.22. The van der Waals surface area contributed by atoms with Gasteiger partial charge in [0.1, 0.15) is 11.5 Å². The second-order valence-corrected chi connectivity index (χ2v) is 6.48. The number of benzene rings is 1. The van der Waals surface area contributed by atoms with E-state index < -0.39 is 0 Å². The maximum absolute atomic E-state index is 12.3. The highest BCUT2D eigenvalue weighted by molar-refractivity contribution is 5.78. The van der Waals surface area contributed by atoms with E-state index in [-0.39, 0.29) is 17.9 Å². The zero-order valence-electron chi connectivity index (χ0n) is 13.8. The normalized spacial score (nSPS) is 23.4. The molecule has 2 heterocycles. The molecule has 1 spiro atoms. The molecule has 2 saturated heterocycles. The molecule has 2 aliphatic rings. The molecule has 3 rings (SSSR count). The Hall–Kier alpha value is -1.75. The zero-order chi connectivity index (χ0) is 16.1. The van der Waals surface area contributed by atoms with Gasteiger partial charge in [-0.05, 0) is 43.5 Å². The van der Waals surface area contributed by atoms with Crippen LogP contribution >= 0.6 is 0 Å². The molecular weight excluding hydrogens is 294 g/mol. The number of hydrogen-bond acceptors (Lipinski definition) is 4. The Morgan fingerprint density at radius 1 is 1.22 bits per heavy atom. The van der Waals surface area contributed by atoms with E-state index in [0.29, 0.717) is 12.4 Å². The molecule has 23 heavy (non-hydrogen) atoms. The van der Waals surface area contributed by atoms with Crippen LogP contribution in [0.1, 0.15) is 26.2 Å². The molecule has 1 amide bonds. The summed E-state index contributed by atoms with van der Waals surface area (Å²) in [6, 6.07) is 7.43. The van der Waals surface area contributed by atoms with Crippen molar-refractivity contribution in [2.75, 3.05) is 39.5 Å². The summed E-state index contributed by atoms with van der Waals surface area (Å²) < 4.78 is 16.6. The van der Waals surface area contributed by atoms with Crippen molar-refractivity contribution in [1.82, 2.24) is 4.90 Å². The van der Waals surface area contributed by atoms with Gasteiger partial charge in [0.2, 0.25) is 0 Å². The van der Waals surface area contributed by atoms with Crippen molar-refractivity contribution in [2.45, 2.75) is 26.2 Å². The average molecular weight is 319 g/mol. The lowest BCUT2D eigenvalue weighted by molar-refractivity contribution is -0.132. The highest BCUT2D eigenvalue weighted by Gasteiger charge is 2.42. The lowest BCUT2D eigenvalue weighted by atomic mass is 9.87. The Morgan fingerprint density at radius 3 is 2.61 bits per heavy atom. The van der Waals surface area contributed by atoms with Gasteiger partial charge in [-0.3, -0.25) is 4.79 Å². The Kier molecular flexibility index (Phi) is 5.06. The standard InChI is InChI=1S/C18H25NO4/c1-2-10-22-15-3-5-16(6-4-15)23-12-17(20)19-9-7-18(13-19)8-11-21-14-18/h3-6H,2,7-14H2,1H3. The molecular formula is C18H25NO4. The molecule has 1 aromatic rings. The minimum atomic E-state index is 0.0556. The predicted octanol–water partition coefficient (Wildman–Crippen LogP) is 2.49. The molecule has 2 fully saturated rings. The minimum absolute atomic E-state index is 0.0556. The van der Waals surface area contributed by atoms with Crippen LogP contribution < -0.4 is 9.47 Å². The number of carbonyl (C=O) groups excluding carboxylic acids is 1. The van der Waals surface area contributed by atoms with Crippen LogP contribution in [0.4, 0.5) is 0 Å². The van der Waals surface area contributed by atoms with Crippen molar-refractivity contribution >= 4 is 5.91 Å². The van der Waals surface area contributed by atoms with Gasteiger partial charge in [0.25, 0.3) is 5.91 Å². The Bertz CT molecular complexity index is 522. The van der Waals surface area contributed by atoms with Gasteiger partial charge in [-0.1, -0.05) is 6.92 Å². The van der Waals surface area contributed by atoms with Crippen LogP contribution in [0.15, 0.2) is 24.3 Å². The lowest BCUT2D eigenvalue weighted by Gasteiger charge is -2.22. The summed E-state index contributed by atoms with van der Waals surface area (Å²) in [7, 11) is 0. The van der Waals surface area contributed by atoms with Crippen LogP contribution in [0.3, 0.4) is 0 Å². The summed E-state index contributed by atoms with van der Waals surface area (Å²) in [4.78, 5) is 14.2. The molecule has 0 aromatic heterocycles. The summed E-state index contributed by atoms with van der Waals surface area (Å²) >= 11 is 0. The van der Waals surface area contributed by atoms with Gasteiger partial charge in [-0.25, -0.2) is 0 Å². The van der Waals surface area contributed by atoms with E-state index in [4.69, 9.17) is 14.2 Å². The number of amides is 1. The van der Waals surface area contributed by atoms with Crippen molar-refractivity contribution < 1.29 is 19.0 Å². The third kappa shape index (κ3) is 3.96. The van der Waals surface area contributed by atoms with Crippen LogP contribution in [-0.4, -0.2) is 50.3 Å². The molecule has 0 saturated carbocycles. The summed E-state index contributed by atoms with van der Waals surface area (Å²) in [6.45, 7) is 6.10. The molecule has 0 aliphatic carbocycles. The molecule has 1 unspecified atom stereocenters.